The van der Waals surface area contributed by atoms with E-state index in [4.69, 9.17) is 4.74 Å². The van der Waals surface area contributed by atoms with Crippen molar-refractivity contribution in [3.05, 3.63) is 11.4 Å². The number of hydrogen-bond acceptors (Lipinski definition) is 5. The lowest BCUT2D eigenvalue weighted by Gasteiger charge is -2.12. The first-order valence-electron chi connectivity index (χ1n) is 5.34. The summed E-state index contributed by atoms with van der Waals surface area (Å²) in [6, 6.07) is 2.00. The Morgan fingerprint density at radius 1 is 1.50 bits per heavy atom. The molecule has 0 aliphatic rings. The zero-order valence-electron chi connectivity index (χ0n) is 9.65. The molecule has 0 bridgehead atoms. The second-order valence-electron chi connectivity index (χ2n) is 3.58. The summed E-state index contributed by atoms with van der Waals surface area (Å²) in [4.78, 5) is 9.66. The van der Waals surface area contributed by atoms with E-state index < -0.39 is 0 Å². The first-order valence-corrected chi connectivity index (χ1v) is 6.22. The standard InChI is InChI=1S/C11H15N3OS/c1-4-7(2)15-9-8-5-6-16-10(8)14-11(12-3)13-9/h5-7H,4H2,1-3H3,(H,12,13,14). The van der Waals surface area contributed by atoms with Gasteiger partial charge < -0.3 is 10.1 Å². The van der Waals surface area contributed by atoms with Crippen molar-refractivity contribution in [3.63, 3.8) is 0 Å². The molecule has 1 atom stereocenters. The summed E-state index contributed by atoms with van der Waals surface area (Å²) in [7, 11) is 1.81. The number of anilines is 1. The van der Waals surface area contributed by atoms with Crippen LogP contribution in [0.3, 0.4) is 0 Å². The average Bonchev–Trinajstić information content (AvgIpc) is 2.76. The van der Waals surface area contributed by atoms with Gasteiger partial charge in [-0.05, 0) is 24.8 Å². The minimum Gasteiger partial charge on any atom is -0.474 e. The Hall–Kier alpha value is -1.36. The molecule has 16 heavy (non-hydrogen) atoms. The molecule has 2 aromatic rings. The normalized spacial score (nSPS) is 12.7. The zero-order chi connectivity index (χ0) is 11.5. The highest BCUT2D eigenvalue weighted by molar-refractivity contribution is 7.16. The van der Waals surface area contributed by atoms with E-state index in [0.717, 1.165) is 16.6 Å². The number of nitrogens with one attached hydrogen (secondary N) is 1. The van der Waals surface area contributed by atoms with E-state index in [1.54, 1.807) is 11.3 Å². The summed E-state index contributed by atoms with van der Waals surface area (Å²) >= 11 is 1.59. The van der Waals surface area contributed by atoms with Crippen LogP contribution in [0.2, 0.25) is 0 Å². The largest absolute Gasteiger partial charge is 0.474 e. The van der Waals surface area contributed by atoms with Crippen molar-refractivity contribution in [2.45, 2.75) is 26.4 Å². The lowest BCUT2D eigenvalue weighted by molar-refractivity contribution is 0.212. The summed E-state index contributed by atoms with van der Waals surface area (Å²) in [5, 5.41) is 5.94. The molecule has 0 saturated carbocycles. The van der Waals surface area contributed by atoms with Crippen LogP contribution in [0.25, 0.3) is 10.2 Å². The second-order valence-corrected chi connectivity index (χ2v) is 4.47. The lowest BCUT2D eigenvalue weighted by Crippen LogP contribution is -2.11. The van der Waals surface area contributed by atoms with E-state index in [0.29, 0.717) is 11.8 Å². The molecule has 86 valence electrons. The highest BCUT2D eigenvalue weighted by atomic mass is 32.1. The van der Waals surface area contributed by atoms with Crippen LogP contribution in [0.5, 0.6) is 5.88 Å². The van der Waals surface area contributed by atoms with Gasteiger partial charge in [0.25, 0.3) is 0 Å². The zero-order valence-corrected chi connectivity index (χ0v) is 10.5. The Labute approximate surface area is 98.7 Å². The van der Waals surface area contributed by atoms with Crippen molar-refractivity contribution >= 4 is 27.5 Å². The topological polar surface area (TPSA) is 47.0 Å². The molecule has 2 aromatic heterocycles. The van der Waals surface area contributed by atoms with Crippen LogP contribution in [0.1, 0.15) is 20.3 Å². The van der Waals surface area contributed by atoms with Crippen LogP contribution < -0.4 is 10.1 Å². The van der Waals surface area contributed by atoms with Gasteiger partial charge in [-0.3, -0.25) is 0 Å². The quantitative estimate of drug-likeness (QED) is 0.888. The van der Waals surface area contributed by atoms with Gasteiger partial charge >= 0.3 is 0 Å². The number of nitrogens with zero attached hydrogens (tertiary/aromatic N) is 2. The van der Waals surface area contributed by atoms with Crippen LogP contribution >= 0.6 is 11.3 Å². The van der Waals surface area contributed by atoms with Crippen molar-refractivity contribution in [1.29, 1.82) is 0 Å². The SMILES string of the molecule is CCC(C)Oc1nc(NC)nc2sccc12. The minimum absolute atomic E-state index is 0.169. The van der Waals surface area contributed by atoms with Gasteiger partial charge in [-0.2, -0.15) is 4.98 Å². The molecular weight excluding hydrogens is 222 g/mol. The third-order valence-electron chi connectivity index (χ3n) is 2.40. The number of aromatic nitrogens is 2. The number of thiophene rings is 1. The van der Waals surface area contributed by atoms with Gasteiger partial charge in [0, 0.05) is 7.05 Å². The van der Waals surface area contributed by atoms with Gasteiger partial charge in [-0.1, -0.05) is 6.92 Å². The monoisotopic (exact) mass is 237 g/mol. The predicted molar refractivity (Wildman–Crippen MR) is 67.3 cm³/mol. The molecule has 5 heteroatoms. The Morgan fingerprint density at radius 2 is 2.31 bits per heavy atom. The molecule has 0 amide bonds. The van der Waals surface area contributed by atoms with Crippen molar-refractivity contribution < 1.29 is 4.74 Å². The van der Waals surface area contributed by atoms with E-state index in [1.165, 1.54) is 0 Å². The summed E-state index contributed by atoms with van der Waals surface area (Å²) in [6.07, 6.45) is 1.13. The Balaban J connectivity index is 2.44. The van der Waals surface area contributed by atoms with E-state index in [-0.39, 0.29) is 6.10 Å². The molecule has 1 unspecified atom stereocenters. The molecule has 0 aromatic carbocycles. The van der Waals surface area contributed by atoms with E-state index in [9.17, 15) is 0 Å². The number of fused-ring (bicyclic) bond motifs is 1. The first kappa shape index (κ1) is 11.1. The van der Waals surface area contributed by atoms with Gasteiger partial charge in [0.2, 0.25) is 11.8 Å². The number of ether oxygens (including phenoxy) is 1. The Kier molecular flexibility index (Phi) is 3.24. The van der Waals surface area contributed by atoms with Gasteiger partial charge in [-0.15, -0.1) is 11.3 Å². The summed E-state index contributed by atoms with van der Waals surface area (Å²) in [5.41, 5.74) is 0. The molecule has 0 fully saturated rings. The van der Waals surface area contributed by atoms with Crippen molar-refractivity contribution in [2.75, 3.05) is 12.4 Å². The van der Waals surface area contributed by atoms with E-state index in [2.05, 4.69) is 22.2 Å². The third kappa shape index (κ3) is 2.09. The van der Waals surface area contributed by atoms with Gasteiger partial charge in [0.05, 0.1) is 11.5 Å². The van der Waals surface area contributed by atoms with Gasteiger partial charge in [0.15, 0.2) is 0 Å². The molecule has 4 nitrogen and oxygen atoms in total. The highest BCUT2D eigenvalue weighted by Crippen LogP contribution is 2.28. The fourth-order valence-electron chi connectivity index (χ4n) is 1.30. The lowest BCUT2D eigenvalue weighted by atomic mass is 10.3. The maximum absolute atomic E-state index is 5.79. The molecule has 0 spiro atoms. The fraction of sp³-hybridized carbons (Fsp3) is 0.455. The van der Waals surface area contributed by atoms with Gasteiger partial charge in [-0.25, -0.2) is 4.98 Å². The van der Waals surface area contributed by atoms with Crippen molar-refractivity contribution in [1.82, 2.24) is 9.97 Å². The Bertz CT molecular complexity index is 483. The van der Waals surface area contributed by atoms with Crippen LogP contribution in [-0.4, -0.2) is 23.1 Å². The Morgan fingerprint density at radius 3 is 3.00 bits per heavy atom. The average molecular weight is 237 g/mol. The van der Waals surface area contributed by atoms with Crippen molar-refractivity contribution in [3.8, 4) is 5.88 Å². The highest BCUT2D eigenvalue weighted by Gasteiger charge is 2.11. The first-order chi connectivity index (χ1) is 7.74. The summed E-state index contributed by atoms with van der Waals surface area (Å²) in [5.74, 6) is 1.28. The molecule has 2 rings (SSSR count). The molecular formula is C11H15N3OS. The van der Waals surface area contributed by atoms with Gasteiger partial charge in [0.1, 0.15) is 4.83 Å². The maximum Gasteiger partial charge on any atom is 0.227 e. The molecule has 0 radical (unpaired) electrons. The predicted octanol–water partition coefficient (Wildman–Crippen LogP) is 2.91. The fourth-order valence-corrected chi connectivity index (χ4v) is 2.06. The molecule has 0 saturated heterocycles. The van der Waals surface area contributed by atoms with Crippen LogP contribution in [-0.2, 0) is 0 Å². The maximum atomic E-state index is 5.79. The molecule has 0 aliphatic carbocycles. The van der Waals surface area contributed by atoms with Crippen LogP contribution in [0, 0.1) is 0 Å². The van der Waals surface area contributed by atoms with Crippen LogP contribution in [0.4, 0.5) is 5.95 Å². The number of hydrogen-bond donors (Lipinski definition) is 1. The van der Waals surface area contributed by atoms with E-state index >= 15 is 0 Å². The van der Waals surface area contributed by atoms with Crippen molar-refractivity contribution in [2.24, 2.45) is 0 Å². The third-order valence-corrected chi connectivity index (χ3v) is 3.21. The molecule has 0 aliphatic heterocycles. The van der Waals surface area contributed by atoms with E-state index in [1.807, 2.05) is 25.4 Å². The second kappa shape index (κ2) is 4.65. The number of rotatable bonds is 4. The van der Waals surface area contributed by atoms with Crippen LogP contribution in [0.15, 0.2) is 11.4 Å². The molecule has 2 heterocycles. The minimum atomic E-state index is 0.169. The molecule has 1 N–H and O–H groups in total. The summed E-state index contributed by atoms with van der Waals surface area (Å²) < 4.78 is 5.79. The summed E-state index contributed by atoms with van der Waals surface area (Å²) in [6.45, 7) is 4.13. The smallest absolute Gasteiger partial charge is 0.227 e.